The molecule has 0 saturated carbocycles. The number of hydrogen-bond donors (Lipinski definition) is 1. The van der Waals surface area contributed by atoms with E-state index in [-0.39, 0.29) is 36.4 Å². The third kappa shape index (κ3) is 10.4. The largest absolute Gasteiger partial charge is 0.505 e. The molecule has 9 nitrogen and oxygen atoms in total. The SMILES string of the molecule is CCCCC(CC)COC(=O)C(=Cc1ccc(N(C)Cc2cc(C)cc(-n3nc4ccccc4n3)c2O)cc1)C(=O)OCC(CC)CCCC. The smallest absolute Gasteiger partial charge is 0.345 e. The van der Waals surface area contributed by atoms with Crippen molar-refractivity contribution in [1.82, 2.24) is 15.0 Å². The fourth-order valence-electron chi connectivity index (χ4n) is 5.95. The van der Waals surface area contributed by atoms with Gasteiger partial charge in [0.1, 0.15) is 28.0 Å². The quantitative estimate of drug-likeness (QED) is 0.0452. The predicted octanol–water partition coefficient (Wildman–Crippen LogP) is 8.97. The van der Waals surface area contributed by atoms with Crippen LogP contribution in [-0.2, 0) is 25.6 Å². The van der Waals surface area contributed by atoms with Crippen LogP contribution in [0.15, 0.2) is 66.2 Å². The zero-order valence-electron chi connectivity index (χ0n) is 30.7. The average Bonchev–Trinajstić information content (AvgIpc) is 3.56. The lowest BCUT2D eigenvalue weighted by Crippen LogP contribution is -2.23. The van der Waals surface area contributed by atoms with Crippen molar-refractivity contribution in [2.24, 2.45) is 11.8 Å². The second-order valence-corrected chi connectivity index (χ2v) is 13.3. The lowest BCUT2D eigenvalue weighted by Gasteiger charge is -2.21. The number of aromatic nitrogens is 3. The summed E-state index contributed by atoms with van der Waals surface area (Å²) in [4.78, 5) is 30.2. The third-order valence-corrected chi connectivity index (χ3v) is 9.29. The zero-order chi connectivity index (χ0) is 36.0. The Morgan fingerprint density at radius 3 is 1.88 bits per heavy atom. The van der Waals surface area contributed by atoms with Crippen molar-refractivity contribution in [1.29, 1.82) is 0 Å². The Morgan fingerprint density at radius 2 is 1.38 bits per heavy atom. The molecule has 2 unspecified atom stereocenters. The molecule has 0 amide bonds. The van der Waals surface area contributed by atoms with Crippen LogP contribution >= 0.6 is 0 Å². The van der Waals surface area contributed by atoms with E-state index >= 15 is 0 Å². The summed E-state index contributed by atoms with van der Waals surface area (Å²) in [5.74, 6) is -0.687. The first-order chi connectivity index (χ1) is 24.2. The van der Waals surface area contributed by atoms with E-state index in [1.807, 2.05) is 79.5 Å². The molecule has 0 spiro atoms. The molecule has 4 rings (SSSR count). The van der Waals surface area contributed by atoms with Gasteiger partial charge >= 0.3 is 11.9 Å². The molecule has 268 valence electrons. The first-order valence-corrected chi connectivity index (χ1v) is 18.2. The number of unbranched alkanes of at least 4 members (excludes halogenated alkanes) is 2. The number of anilines is 1. The van der Waals surface area contributed by atoms with Crippen molar-refractivity contribution in [2.75, 3.05) is 25.2 Å². The van der Waals surface area contributed by atoms with E-state index in [0.29, 0.717) is 17.8 Å². The lowest BCUT2D eigenvalue weighted by atomic mass is 10.0. The molecule has 1 heterocycles. The average molecular weight is 683 g/mol. The van der Waals surface area contributed by atoms with Gasteiger partial charge < -0.3 is 19.5 Å². The van der Waals surface area contributed by atoms with Gasteiger partial charge in [0, 0.05) is 24.8 Å². The molecule has 2 atom stereocenters. The Bertz CT molecular complexity index is 1660. The first kappa shape index (κ1) is 38.1. The van der Waals surface area contributed by atoms with E-state index in [2.05, 4.69) is 37.9 Å². The number of aryl methyl sites for hydroxylation is 1. The van der Waals surface area contributed by atoms with Crippen LogP contribution in [-0.4, -0.2) is 52.3 Å². The van der Waals surface area contributed by atoms with Crippen molar-refractivity contribution in [2.45, 2.75) is 92.5 Å². The summed E-state index contributed by atoms with van der Waals surface area (Å²) in [7, 11) is 1.94. The minimum atomic E-state index is -0.655. The molecule has 1 aromatic heterocycles. The van der Waals surface area contributed by atoms with E-state index in [0.717, 1.165) is 79.2 Å². The summed E-state index contributed by atoms with van der Waals surface area (Å²) in [5, 5.41) is 20.4. The van der Waals surface area contributed by atoms with Gasteiger partial charge in [0.25, 0.3) is 0 Å². The molecule has 0 aliphatic carbocycles. The van der Waals surface area contributed by atoms with Gasteiger partial charge in [0.2, 0.25) is 0 Å². The highest BCUT2D eigenvalue weighted by atomic mass is 16.6. The molecule has 0 radical (unpaired) electrons. The van der Waals surface area contributed by atoms with Crippen molar-refractivity contribution >= 4 is 34.7 Å². The van der Waals surface area contributed by atoms with Crippen LogP contribution in [0.25, 0.3) is 22.8 Å². The van der Waals surface area contributed by atoms with E-state index in [1.54, 1.807) is 6.08 Å². The number of benzene rings is 3. The van der Waals surface area contributed by atoms with Crippen molar-refractivity contribution in [3.63, 3.8) is 0 Å². The number of esters is 2. The normalized spacial score (nSPS) is 12.4. The second-order valence-electron chi connectivity index (χ2n) is 13.3. The van der Waals surface area contributed by atoms with Gasteiger partial charge in [-0.25, -0.2) is 9.59 Å². The Hall–Kier alpha value is -4.66. The maximum atomic E-state index is 13.4. The van der Waals surface area contributed by atoms with Gasteiger partial charge in [-0.2, -0.15) is 0 Å². The van der Waals surface area contributed by atoms with E-state index in [1.165, 1.54) is 4.80 Å². The summed E-state index contributed by atoms with van der Waals surface area (Å²) < 4.78 is 11.4. The van der Waals surface area contributed by atoms with Crippen LogP contribution in [0.2, 0.25) is 0 Å². The Kier molecular flexibility index (Phi) is 14.4. The highest BCUT2D eigenvalue weighted by Crippen LogP contribution is 2.30. The van der Waals surface area contributed by atoms with Gasteiger partial charge in [-0.3, -0.25) is 0 Å². The van der Waals surface area contributed by atoms with Crippen LogP contribution in [0.5, 0.6) is 5.75 Å². The Morgan fingerprint density at radius 1 is 0.840 bits per heavy atom. The van der Waals surface area contributed by atoms with Gasteiger partial charge in [-0.05, 0) is 79.1 Å². The minimum absolute atomic E-state index is 0.0982. The van der Waals surface area contributed by atoms with Gasteiger partial charge in [0.05, 0.1) is 13.2 Å². The van der Waals surface area contributed by atoms with Crippen molar-refractivity contribution in [3.8, 4) is 11.4 Å². The van der Waals surface area contributed by atoms with Gasteiger partial charge in [-0.1, -0.05) is 96.6 Å². The highest BCUT2D eigenvalue weighted by Gasteiger charge is 2.24. The van der Waals surface area contributed by atoms with Crippen LogP contribution in [0.3, 0.4) is 0 Å². The number of rotatable bonds is 19. The van der Waals surface area contributed by atoms with E-state index in [4.69, 9.17) is 9.47 Å². The predicted molar refractivity (Wildman–Crippen MR) is 200 cm³/mol. The molecule has 0 saturated heterocycles. The van der Waals surface area contributed by atoms with Gasteiger partial charge in [0.15, 0.2) is 0 Å². The maximum absolute atomic E-state index is 13.4. The van der Waals surface area contributed by atoms with E-state index < -0.39 is 11.9 Å². The zero-order valence-corrected chi connectivity index (χ0v) is 30.7. The molecular formula is C41H54N4O5. The van der Waals surface area contributed by atoms with Gasteiger partial charge in [-0.15, -0.1) is 15.0 Å². The third-order valence-electron chi connectivity index (χ3n) is 9.29. The summed E-state index contributed by atoms with van der Waals surface area (Å²) in [5.41, 5.74) is 5.19. The van der Waals surface area contributed by atoms with Crippen LogP contribution < -0.4 is 4.90 Å². The molecular weight excluding hydrogens is 628 g/mol. The second kappa shape index (κ2) is 18.9. The van der Waals surface area contributed by atoms with Crippen molar-refractivity contribution < 1.29 is 24.2 Å². The topological polar surface area (TPSA) is 107 Å². The molecule has 1 N–H and O–H groups in total. The van der Waals surface area contributed by atoms with Crippen LogP contribution in [0.1, 0.15) is 95.8 Å². The van der Waals surface area contributed by atoms with Crippen LogP contribution in [0, 0.1) is 18.8 Å². The number of hydrogen-bond acceptors (Lipinski definition) is 8. The van der Waals surface area contributed by atoms with Crippen molar-refractivity contribution in [3.05, 3.63) is 82.9 Å². The standard InChI is InChI=1S/C41H54N4O5/c1-7-11-15-30(9-3)27-49-40(47)35(41(48)50-28-31(10-4)16-12-8-2)25-32-19-21-34(22-20-32)44(6)26-33-23-29(5)24-38(39(33)46)45-42-36-17-13-14-18-37(36)43-45/h13-14,17-25,30-31,46H,7-12,15-16,26-28H2,1-6H3. The first-order valence-electron chi connectivity index (χ1n) is 18.2. The number of carbonyl (C=O) groups excluding carboxylic acids is 2. The number of fused-ring (bicyclic) bond motifs is 1. The monoisotopic (exact) mass is 682 g/mol. The molecule has 0 aliphatic heterocycles. The van der Waals surface area contributed by atoms with E-state index in [9.17, 15) is 14.7 Å². The number of aromatic hydroxyl groups is 1. The molecule has 9 heteroatoms. The molecule has 50 heavy (non-hydrogen) atoms. The molecule has 4 aromatic rings. The minimum Gasteiger partial charge on any atom is -0.505 e. The number of ether oxygens (including phenoxy) is 2. The number of phenolic OH excluding ortho intramolecular Hbond substituents is 1. The summed E-state index contributed by atoms with van der Waals surface area (Å²) in [6.07, 6.45) is 9.63. The number of phenols is 1. The summed E-state index contributed by atoms with van der Waals surface area (Å²) in [6.45, 7) is 11.4. The van der Waals surface area contributed by atoms with Crippen LogP contribution in [0.4, 0.5) is 5.69 Å². The summed E-state index contributed by atoms with van der Waals surface area (Å²) in [6, 6.07) is 19.0. The number of carbonyl (C=O) groups is 2. The maximum Gasteiger partial charge on any atom is 0.345 e. The number of nitrogens with zero attached hydrogens (tertiary/aromatic N) is 4. The summed E-state index contributed by atoms with van der Waals surface area (Å²) >= 11 is 0. The fraction of sp³-hybridized carbons (Fsp3) is 0.463. The highest BCUT2D eigenvalue weighted by molar-refractivity contribution is 6.17. The molecule has 3 aromatic carbocycles. The Balaban J connectivity index is 1.52. The molecule has 0 aliphatic rings. The molecule has 0 bridgehead atoms. The lowest BCUT2D eigenvalue weighted by molar-refractivity contribution is -0.148. The fourth-order valence-corrected chi connectivity index (χ4v) is 5.95. The Labute approximate surface area is 297 Å². The molecule has 0 fully saturated rings.